The number of carbonyl (C=O) groups excluding carboxylic acids is 2. The molecule has 5 rings (SSSR count). The predicted molar refractivity (Wildman–Crippen MR) is 138 cm³/mol. The minimum atomic E-state index is -0.716. The van der Waals surface area contributed by atoms with Crippen LogP contribution in [0.4, 0.5) is 20.3 Å². The zero-order valence-electron chi connectivity index (χ0n) is 19.8. The molecule has 0 aliphatic rings. The van der Waals surface area contributed by atoms with Crippen LogP contribution in [-0.4, -0.2) is 26.3 Å². The minimum Gasteiger partial charge on any atom is -0.453 e. The fourth-order valence-corrected chi connectivity index (χ4v) is 4.78. The van der Waals surface area contributed by atoms with Crippen molar-refractivity contribution in [3.63, 3.8) is 0 Å². The molecule has 2 aromatic carbocycles. The van der Waals surface area contributed by atoms with Crippen molar-refractivity contribution in [3.8, 4) is 28.0 Å². The van der Waals surface area contributed by atoms with E-state index < -0.39 is 24.1 Å². The van der Waals surface area contributed by atoms with Gasteiger partial charge in [0.25, 0.3) is 0 Å². The number of carbonyl (C=O) groups is 2. The maximum absolute atomic E-state index is 14.9. The average molecular weight is 536 g/mol. The van der Waals surface area contributed by atoms with Gasteiger partial charge < -0.3 is 19.9 Å². The van der Waals surface area contributed by atoms with Gasteiger partial charge >= 0.3 is 0 Å². The number of rotatable bonds is 8. The molecule has 0 unspecified atom stereocenters. The maximum Gasteiger partial charge on any atom is 0.233 e. The molecule has 2 amide bonds. The Morgan fingerprint density at radius 3 is 2.55 bits per heavy atom. The first-order chi connectivity index (χ1) is 18.4. The van der Waals surface area contributed by atoms with Crippen LogP contribution in [0.15, 0.2) is 73.2 Å². The Kier molecular flexibility index (Phi) is 6.96. The van der Waals surface area contributed by atoms with E-state index in [2.05, 4.69) is 25.5 Å². The van der Waals surface area contributed by atoms with Crippen molar-refractivity contribution < 1.29 is 28.2 Å². The fraction of sp³-hybridized carbons (Fsp3) is 0.0769. The second-order valence-corrected chi connectivity index (χ2v) is 9.14. The highest BCUT2D eigenvalue weighted by atomic mass is 32.1. The fourth-order valence-electron chi connectivity index (χ4n) is 3.67. The van der Waals surface area contributed by atoms with E-state index in [4.69, 9.17) is 4.74 Å². The summed E-state index contributed by atoms with van der Waals surface area (Å²) in [6, 6.07) is 13.3. The lowest BCUT2D eigenvalue weighted by atomic mass is 10.2. The lowest BCUT2D eigenvalue weighted by Gasteiger charge is -2.10. The summed E-state index contributed by atoms with van der Waals surface area (Å²) in [5.41, 5.74) is 0.894. The van der Waals surface area contributed by atoms with Crippen molar-refractivity contribution in [1.29, 1.82) is 0 Å². The number of hydrogen-bond acceptors (Lipinski definition) is 7. The Morgan fingerprint density at radius 2 is 1.79 bits per heavy atom. The quantitative estimate of drug-likeness (QED) is 0.241. The molecule has 0 atom stereocenters. The number of halogens is 2. The Bertz CT molecular complexity index is 1650. The molecular weight excluding hydrogens is 516 g/mol. The molecule has 0 radical (unpaired) electrons. The smallest absolute Gasteiger partial charge is 0.233 e. The van der Waals surface area contributed by atoms with E-state index >= 15 is 0 Å². The number of aromatic nitrogens is 3. The largest absolute Gasteiger partial charge is 0.453 e. The molecule has 0 saturated heterocycles. The number of imidazole rings is 1. The third kappa shape index (κ3) is 5.30. The first kappa shape index (κ1) is 24.8. The van der Waals surface area contributed by atoms with Gasteiger partial charge in [-0.05, 0) is 30.3 Å². The summed E-state index contributed by atoms with van der Waals surface area (Å²) in [7, 11) is 1.89. The number of hydrogen-bond donors (Lipinski definition) is 2. The van der Waals surface area contributed by atoms with Gasteiger partial charge in [0.05, 0.1) is 20.8 Å². The Morgan fingerprint density at radius 1 is 0.974 bits per heavy atom. The van der Waals surface area contributed by atoms with Crippen LogP contribution in [0.5, 0.6) is 17.2 Å². The monoisotopic (exact) mass is 535 g/mol. The van der Waals surface area contributed by atoms with Crippen molar-refractivity contribution in [3.05, 3.63) is 79.0 Å². The summed E-state index contributed by atoms with van der Waals surface area (Å²) >= 11 is 1.42. The van der Waals surface area contributed by atoms with Crippen molar-refractivity contribution in [2.45, 2.75) is 6.42 Å². The van der Waals surface area contributed by atoms with Crippen LogP contribution < -0.4 is 20.3 Å². The highest BCUT2D eigenvalue weighted by molar-refractivity contribution is 7.22. The highest BCUT2D eigenvalue weighted by Crippen LogP contribution is 2.39. The number of pyridine rings is 1. The van der Waals surface area contributed by atoms with E-state index in [1.807, 2.05) is 23.9 Å². The van der Waals surface area contributed by atoms with Crippen LogP contribution in [0.1, 0.15) is 6.42 Å². The molecule has 12 heteroatoms. The third-order valence-corrected chi connectivity index (χ3v) is 6.55. The summed E-state index contributed by atoms with van der Waals surface area (Å²) in [6.07, 6.45) is 4.54. The molecule has 3 heterocycles. The van der Waals surface area contributed by atoms with Gasteiger partial charge in [0.1, 0.15) is 18.0 Å². The number of anilines is 2. The number of aryl methyl sites for hydroxylation is 1. The molecule has 192 valence electrons. The van der Waals surface area contributed by atoms with E-state index in [0.717, 1.165) is 21.5 Å². The summed E-state index contributed by atoms with van der Waals surface area (Å²) in [5, 5.41) is 4.84. The third-order valence-electron chi connectivity index (χ3n) is 5.42. The molecule has 0 aliphatic carbocycles. The van der Waals surface area contributed by atoms with Gasteiger partial charge in [0, 0.05) is 48.0 Å². The van der Waals surface area contributed by atoms with Gasteiger partial charge in [-0.15, -0.1) is 11.3 Å². The topological polar surface area (TPSA) is 107 Å². The standard InChI is InChI=1S/C26H19F2N5O4S/c1-33-11-10-30-26(33)22-13-18-25(38-22)21(8-9-29-18)36-19-7-6-15(12-16(19)27)31-23(34)14-24(35)32-17-4-2-3-5-20(17)37-28/h2-13H,14H2,1H3,(H,31,34)(H,32,35). The molecule has 0 aliphatic heterocycles. The zero-order valence-corrected chi connectivity index (χ0v) is 20.6. The number of nitrogens with zero attached hydrogens (tertiary/aromatic N) is 3. The number of thiophene rings is 1. The van der Waals surface area contributed by atoms with Crippen molar-refractivity contribution in [2.24, 2.45) is 7.05 Å². The molecule has 38 heavy (non-hydrogen) atoms. The van der Waals surface area contributed by atoms with Gasteiger partial charge in [-0.2, -0.15) is 0 Å². The van der Waals surface area contributed by atoms with Gasteiger partial charge in [-0.3, -0.25) is 19.5 Å². The number of amides is 2. The van der Waals surface area contributed by atoms with Crippen molar-refractivity contribution >= 4 is 44.7 Å². The molecule has 2 N–H and O–H groups in total. The number of para-hydroxylation sites is 2. The van der Waals surface area contributed by atoms with E-state index in [0.29, 0.717) is 11.3 Å². The second kappa shape index (κ2) is 10.6. The number of nitrogens with one attached hydrogen (secondary N) is 2. The highest BCUT2D eigenvalue weighted by Gasteiger charge is 2.16. The first-order valence-corrected chi connectivity index (χ1v) is 12.0. The van der Waals surface area contributed by atoms with E-state index in [1.54, 1.807) is 24.5 Å². The van der Waals surface area contributed by atoms with Gasteiger partial charge in [0.15, 0.2) is 17.3 Å². The molecule has 0 fully saturated rings. The van der Waals surface area contributed by atoms with Crippen LogP contribution in [0.2, 0.25) is 0 Å². The lowest BCUT2D eigenvalue weighted by molar-refractivity contribution is -0.123. The maximum atomic E-state index is 14.9. The first-order valence-electron chi connectivity index (χ1n) is 11.2. The summed E-state index contributed by atoms with van der Waals surface area (Å²) in [5.74, 6) is -1.15. The van der Waals surface area contributed by atoms with Crippen molar-refractivity contribution in [2.75, 3.05) is 10.6 Å². The van der Waals surface area contributed by atoms with Crippen molar-refractivity contribution in [1.82, 2.24) is 14.5 Å². The number of benzene rings is 2. The minimum absolute atomic E-state index is 0.0528. The lowest BCUT2D eigenvalue weighted by Crippen LogP contribution is -2.21. The molecular formula is C26H19F2N5O4S. The zero-order chi connectivity index (χ0) is 26.6. The van der Waals surface area contributed by atoms with Gasteiger partial charge in [0.2, 0.25) is 11.8 Å². The Hall–Kier alpha value is -4.84. The predicted octanol–water partition coefficient (Wildman–Crippen LogP) is 5.86. The number of ether oxygens (including phenoxy) is 1. The molecule has 0 saturated carbocycles. The molecule has 5 aromatic rings. The van der Waals surface area contributed by atoms with Crippen LogP contribution in [0.3, 0.4) is 0 Å². The second-order valence-electron chi connectivity index (χ2n) is 8.09. The van der Waals surface area contributed by atoms with Crippen LogP contribution in [0.25, 0.3) is 20.9 Å². The van der Waals surface area contributed by atoms with Gasteiger partial charge in [-0.25, -0.2) is 9.37 Å². The Balaban J connectivity index is 1.26. The molecule has 0 bridgehead atoms. The van der Waals surface area contributed by atoms with E-state index in [1.165, 1.54) is 41.7 Å². The van der Waals surface area contributed by atoms with Crippen LogP contribution >= 0.6 is 11.3 Å². The summed E-state index contributed by atoms with van der Waals surface area (Å²) in [6.45, 7) is 0. The Labute approximate surface area is 218 Å². The van der Waals surface area contributed by atoms with Crippen LogP contribution in [0, 0.1) is 5.82 Å². The summed E-state index contributed by atoms with van der Waals surface area (Å²) < 4.78 is 35.9. The summed E-state index contributed by atoms with van der Waals surface area (Å²) in [4.78, 5) is 37.7. The van der Waals surface area contributed by atoms with E-state index in [-0.39, 0.29) is 22.9 Å². The molecule has 3 aromatic heterocycles. The molecule has 0 spiro atoms. The SMILES string of the molecule is Cn1ccnc1-c1cc2nccc(Oc3ccc(NC(=O)CC(=O)Nc4ccccc4OF)cc3F)c2s1. The normalized spacial score (nSPS) is 10.8. The van der Waals surface area contributed by atoms with Gasteiger partial charge in [-0.1, -0.05) is 12.1 Å². The average Bonchev–Trinajstić information content (AvgIpc) is 3.52. The molecule has 9 nitrogen and oxygen atoms in total. The van der Waals surface area contributed by atoms with Crippen LogP contribution in [-0.2, 0) is 16.6 Å². The van der Waals surface area contributed by atoms with E-state index in [9.17, 15) is 18.5 Å². The number of fused-ring (bicyclic) bond motifs is 1.